The summed E-state index contributed by atoms with van der Waals surface area (Å²) in [7, 11) is 0. The van der Waals surface area contributed by atoms with Gasteiger partial charge in [0.2, 0.25) is 0 Å². The van der Waals surface area contributed by atoms with Crippen molar-refractivity contribution < 1.29 is 19.5 Å². The van der Waals surface area contributed by atoms with Gasteiger partial charge >= 0.3 is 5.97 Å². The zero-order chi connectivity index (χ0) is 17.1. The van der Waals surface area contributed by atoms with Crippen LogP contribution in [0, 0.1) is 0 Å². The van der Waals surface area contributed by atoms with E-state index in [-0.39, 0.29) is 16.9 Å². The van der Waals surface area contributed by atoms with Gasteiger partial charge in [-0.05, 0) is 13.8 Å². The van der Waals surface area contributed by atoms with Crippen molar-refractivity contribution in [2.45, 2.75) is 26.4 Å². The molecule has 0 saturated heterocycles. The fourth-order valence-electron chi connectivity index (χ4n) is 1.83. The van der Waals surface area contributed by atoms with Gasteiger partial charge in [0.1, 0.15) is 6.04 Å². The Morgan fingerprint density at radius 3 is 2.65 bits per heavy atom. The molecule has 10 nitrogen and oxygen atoms in total. The molecule has 1 atom stereocenters. The predicted octanol–water partition coefficient (Wildman–Crippen LogP) is 0.0963. The van der Waals surface area contributed by atoms with Crippen LogP contribution in [-0.4, -0.2) is 42.5 Å². The third-order valence-corrected chi connectivity index (χ3v) is 3.19. The second-order valence-corrected chi connectivity index (χ2v) is 4.79. The van der Waals surface area contributed by atoms with E-state index in [2.05, 4.69) is 15.5 Å². The van der Waals surface area contributed by atoms with Gasteiger partial charge in [-0.1, -0.05) is 0 Å². The lowest BCUT2D eigenvalue weighted by Crippen LogP contribution is -2.18. The van der Waals surface area contributed by atoms with Gasteiger partial charge in [0.05, 0.1) is 17.4 Å². The number of aliphatic carboxylic acids is 1. The summed E-state index contributed by atoms with van der Waals surface area (Å²) in [6.45, 7) is 3.76. The maximum absolute atomic E-state index is 12.2. The number of nitrogens with two attached hydrogens (primary N) is 1. The van der Waals surface area contributed by atoms with Gasteiger partial charge < -0.3 is 16.2 Å². The van der Waals surface area contributed by atoms with E-state index >= 15 is 0 Å². The van der Waals surface area contributed by atoms with Crippen LogP contribution >= 0.6 is 0 Å². The monoisotopic (exact) mass is 320 g/mol. The molecule has 2 aromatic heterocycles. The van der Waals surface area contributed by atoms with Gasteiger partial charge in [0, 0.05) is 18.9 Å². The number of carbonyl (C=O) groups is 3. The molecule has 122 valence electrons. The molecule has 0 aliphatic heterocycles. The van der Waals surface area contributed by atoms with E-state index in [9.17, 15) is 14.4 Å². The van der Waals surface area contributed by atoms with Crippen molar-refractivity contribution in [3.63, 3.8) is 0 Å². The molecule has 2 aromatic rings. The smallest absolute Gasteiger partial charge is 0.328 e. The third-order valence-electron chi connectivity index (χ3n) is 3.19. The molecule has 0 aromatic carbocycles. The number of nitrogens with zero attached hydrogens (tertiary/aromatic N) is 4. The van der Waals surface area contributed by atoms with Crippen molar-refractivity contribution >= 4 is 23.5 Å². The summed E-state index contributed by atoms with van der Waals surface area (Å²) in [5.41, 5.74) is 5.51. The summed E-state index contributed by atoms with van der Waals surface area (Å²) < 4.78 is 2.62. The molecular weight excluding hydrogens is 304 g/mol. The number of hydrogen-bond donors (Lipinski definition) is 3. The highest BCUT2D eigenvalue weighted by molar-refractivity contribution is 6.07. The van der Waals surface area contributed by atoms with E-state index < -0.39 is 23.8 Å². The Labute approximate surface area is 130 Å². The summed E-state index contributed by atoms with van der Waals surface area (Å²) >= 11 is 0. The van der Waals surface area contributed by atoms with Crippen molar-refractivity contribution in [2.75, 3.05) is 5.32 Å². The second kappa shape index (κ2) is 6.30. The number of rotatable bonds is 6. The highest BCUT2D eigenvalue weighted by Gasteiger charge is 2.19. The van der Waals surface area contributed by atoms with Gasteiger partial charge in [-0.15, -0.1) is 0 Å². The molecule has 0 bridgehead atoms. The first-order valence-electron chi connectivity index (χ1n) is 6.79. The van der Waals surface area contributed by atoms with Crippen LogP contribution in [0.25, 0.3) is 0 Å². The number of anilines is 1. The standard InChI is InChI=1S/C13H16N6O4/c1-3-18-6-9(10(17-18)11(14)20)16-12(21)8-4-15-19(5-8)7(2)13(22)23/h4-7H,3H2,1-2H3,(H2,14,20)(H,16,21)(H,22,23). The lowest BCUT2D eigenvalue weighted by molar-refractivity contribution is -0.140. The number of carbonyl (C=O) groups excluding carboxylic acids is 2. The Morgan fingerprint density at radius 2 is 2.09 bits per heavy atom. The van der Waals surface area contributed by atoms with E-state index in [1.807, 2.05) is 6.92 Å². The van der Waals surface area contributed by atoms with Gasteiger partial charge in [-0.3, -0.25) is 19.0 Å². The molecule has 2 rings (SSSR count). The summed E-state index contributed by atoms with van der Waals surface area (Å²) in [6, 6.07) is -0.902. The van der Waals surface area contributed by atoms with Gasteiger partial charge in [0.15, 0.2) is 5.69 Å². The highest BCUT2D eigenvalue weighted by Crippen LogP contribution is 2.15. The van der Waals surface area contributed by atoms with E-state index in [1.165, 1.54) is 30.2 Å². The van der Waals surface area contributed by atoms with Crippen LogP contribution in [0.15, 0.2) is 18.6 Å². The molecule has 0 aliphatic carbocycles. The average Bonchev–Trinajstić information content (AvgIpc) is 3.12. The minimum Gasteiger partial charge on any atom is -0.480 e. The van der Waals surface area contributed by atoms with Crippen molar-refractivity contribution in [3.8, 4) is 0 Å². The Morgan fingerprint density at radius 1 is 1.39 bits per heavy atom. The number of hydrogen-bond acceptors (Lipinski definition) is 5. The molecule has 2 amide bonds. The normalized spacial score (nSPS) is 11.9. The van der Waals surface area contributed by atoms with Crippen LogP contribution < -0.4 is 11.1 Å². The fourth-order valence-corrected chi connectivity index (χ4v) is 1.83. The van der Waals surface area contributed by atoms with Crippen LogP contribution in [0.5, 0.6) is 0 Å². The van der Waals surface area contributed by atoms with Crippen LogP contribution in [-0.2, 0) is 11.3 Å². The van der Waals surface area contributed by atoms with Gasteiger partial charge in [0.25, 0.3) is 11.8 Å². The second-order valence-electron chi connectivity index (χ2n) is 4.79. The zero-order valence-electron chi connectivity index (χ0n) is 12.6. The minimum absolute atomic E-state index is 0.0495. The van der Waals surface area contributed by atoms with Crippen molar-refractivity contribution in [3.05, 3.63) is 29.8 Å². The van der Waals surface area contributed by atoms with Crippen LogP contribution in [0.1, 0.15) is 40.7 Å². The molecular formula is C13H16N6O4. The molecule has 0 spiro atoms. The third kappa shape index (κ3) is 3.36. The Kier molecular flexibility index (Phi) is 4.44. The van der Waals surface area contributed by atoms with Crippen molar-refractivity contribution in [2.24, 2.45) is 5.73 Å². The summed E-state index contributed by atoms with van der Waals surface area (Å²) in [5.74, 6) is -2.38. The SMILES string of the molecule is CCn1cc(NC(=O)c2cnn(C(C)C(=O)O)c2)c(C(N)=O)n1. The Hall–Kier alpha value is -3.17. The number of nitrogens with one attached hydrogen (secondary N) is 1. The summed E-state index contributed by atoms with van der Waals surface area (Å²) in [4.78, 5) is 34.4. The van der Waals surface area contributed by atoms with Crippen LogP contribution in [0.4, 0.5) is 5.69 Å². The quantitative estimate of drug-likeness (QED) is 0.688. The first-order valence-corrected chi connectivity index (χ1v) is 6.79. The number of amides is 2. The van der Waals surface area contributed by atoms with E-state index in [0.29, 0.717) is 6.54 Å². The number of aryl methyl sites for hydroxylation is 1. The number of carboxylic acids is 1. The molecule has 1 unspecified atom stereocenters. The first kappa shape index (κ1) is 16.2. The highest BCUT2D eigenvalue weighted by atomic mass is 16.4. The average molecular weight is 320 g/mol. The van der Waals surface area contributed by atoms with E-state index in [4.69, 9.17) is 10.8 Å². The minimum atomic E-state index is -1.07. The topological polar surface area (TPSA) is 145 Å². The molecule has 0 aliphatic rings. The molecule has 0 fully saturated rings. The Balaban J connectivity index is 2.21. The summed E-state index contributed by atoms with van der Waals surface area (Å²) in [5, 5.41) is 19.2. The van der Waals surface area contributed by atoms with Crippen LogP contribution in [0.3, 0.4) is 0 Å². The lowest BCUT2D eigenvalue weighted by Gasteiger charge is -2.05. The lowest BCUT2D eigenvalue weighted by atomic mass is 10.3. The van der Waals surface area contributed by atoms with Crippen molar-refractivity contribution in [1.82, 2.24) is 19.6 Å². The molecule has 0 radical (unpaired) electrons. The zero-order valence-corrected chi connectivity index (χ0v) is 12.6. The fraction of sp³-hybridized carbons (Fsp3) is 0.308. The predicted molar refractivity (Wildman–Crippen MR) is 78.9 cm³/mol. The molecule has 0 saturated carbocycles. The molecule has 10 heteroatoms. The number of primary amides is 1. The van der Waals surface area contributed by atoms with Gasteiger partial charge in [-0.25, -0.2) is 4.79 Å². The van der Waals surface area contributed by atoms with E-state index in [0.717, 1.165) is 4.68 Å². The first-order chi connectivity index (χ1) is 10.8. The van der Waals surface area contributed by atoms with Gasteiger partial charge in [-0.2, -0.15) is 10.2 Å². The largest absolute Gasteiger partial charge is 0.480 e. The van der Waals surface area contributed by atoms with Crippen molar-refractivity contribution in [1.29, 1.82) is 0 Å². The number of aromatic nitrogens is 4. The van der Waals surface area contributed by atoms with E-state index in [1.54, 1.807) is 0 Å². The number of carboxylic acid groups (broad SMARTS) is 1. The Bertz CT molecular complexity index is 762. The maximum atomic E-state index is 12.2. The maximum Gasteiger partial charge on any atom is 0.328 e. The molecule has 4 N–H and O–H groups in total. The molecule has 2 heterocycles. The summed E-state index contributed by atoms with van der Waals surface area (Å²) in [6.07, 6.45) is 4.04. The van der Waals surface area contributed by atoms with Crippen LogP contribution in [0.2, 0.25) is 0 Å². The molecule has 23 heavy (non-hydrogen) atoms.